The van der Waals surface area contributed by atoms with Gasteiger partial charge in [0.2, 0.25) is 0 Å². The maximum absolute atomic E-state index is 12.0. The number of hydrogen-bond donors (Lipinski definition) is 1. The van der Waals surface area contributed by atoms with Crippen molar-refractivity contribution in [2.75, 3.05) is 13.1 Å². The minimum atomic E-state index is -0.296. The van der Waals surface area contributed by atoms with Crippen molar-refractivity contribution in [3.8, 4) is 0 Å². The lowest BCUT2D eigenvalue weighted by Gasteiger charge is -2.30. The molecule has 4 heteroatoms. The van der Waals surface area contributed by atoms with Crippen molar-refractivity contribution < 1.29 is 4.42 Å². The molecule has 0 aliphatic rings. The first-order valence-electron chi connectivity index (χ1n) is 9.38. The van der Waals surface area contributed by atoms with E-state index in [1.807, 2.05) is 24.3 Å². The van der Waals surface area contributed by atoms with E-state index < -0.39 is 0 Å². The van der Waals surface area contributed by atoms with E-state index in [2.05, 4.69) is 50.0 Å². The van der Waals surface area contributed by atoms with Crippen LogP contribution in [0.4, 0.5) is 0 Å². The predicted molar refractivity (Wildman–Crippen MR) is 109 cm³/mol. The molecule has 0 unspecified atom stereocenters. The number of rotatable bonds is 7. The van der Waals surface area contributed by atoms with Crippen molar-refractivity contribution in [3.05, 3.63) is 58.4 Å². The Balaban J connectivity index is 1.83. The van der Waals surface area contributed by atoms with Crippen LogP contribution in [0.15, 0.2) is 51.7 Å². The topological polar surface area (TPSA) is 45.5 Å². The Morgan fingerprint density at radius 1 is 1.04 bits per heavy atom. The van der Waals surface area contributed by atoms with Gasteiger partial charge in [0.1, 0.15) is 5.58 Å². The van der Waals surface area contributed by atoms with Crippen LogP contribution in [0, 0.1) is 0 Å². The SMILES string of the molecule is CC(C)N(CCNCc1cc(=O)oc2ccc3ccccc3c12)C(C)C. The van der Waals surface area contributed by atoms with Gasteiger partial charge in [0.25, 0.3) is 0 Å². The van der Waals surface area contributed by atoms with Crippen molar-refractivity contribution >= 4 is 21.7 Å². The average molecular weight is 352 g/mol. The molecule has 0 fully saturated rings. The molecule has 0 atom stereocenters. The molecule has 1 N–H and O–H groups in total. The highest BCUT2D eigenvalue weighted by Crippen LogP contribution is 2.27. The van der Waals surface area contributed by atoms with Crippen LogP contribution in [0.25, 0.3) is 21.7 Å². The molecule has 2 aromatic carbocycles. The van der Waals surface area contributed by atoms with Gasteiger partial charge in [-0.1, -0.05) is 30.3 Å². The van der Waals surface area contributed by atoms with Crippen molar-refractivity contribution in [1.82, 2.24) is 10.2 Å². The summed E-state index contributed by atoms with van der Waals surface area (Å²) >= 11 is 0. The molecule has 0 aliphatic heterocycles. The standard InChI is InChI=1S/C22H28N2O2/c1-15(2)24(16(3)4)12-11-23-14-18-13-21(25)26-20-10-9-17-7-5-6-8-19(17)22(18)20/h5-10,13,15-16,23H,11-12,14H2,1-4H3. The highest BCUT2D eigenvalue weighted by atomic mass is 16.4. The molecule has 26 heavy (non-hydrogen) atoms. The second-order valence-corrected chi connectivity index (χ2v) is 7.35. The van der Waals surface area contributed by atoms with Crippen LogP contribution in [0.5, 0.6) is 0 Å². The van der Waals surface area contributed by atoms with Crippen molar-refractivity contribution in [1.29, 1.82) is 0 Å². The Hall–Kier alpha value is -2.17. The van der Waals surface area contributed by atoms with E-state index in [1.165, 1.54) is 0 Å². The quantitative estimate of drug-likeness (QED) is 0.394. The zero-order chi connectivity index (χ0) is 18.7. The summed E-state index contributed by atoms with van der Waals surface area (Å²) in [4.78, 5) is 14.4. The van der Waals surface area contributed by atoms with Gasteiger partial charge in [-0.2, -0.15) is 0 Å². The summed E-state index contributed by atoms with van der Waals surface area (Å²) in [5.41, 5.74) is 1.35. The number of nitrogens with zero attached hydrogens (tertiary/aromatic N) is 1. The van der Waals surface area contributed by atoms with Gasteiger partial charge in [-0.05, 0) is 50.1 Å². The molecule has 1 heterocycles. The fraction of sp³-hybridized carbons (Fsp3) is 0.409. The van der Waals surface area contributed by atoms with Gasteiger partial charge in [-0.3, -0.25) is 4.90 Å². The molecule has 0 radical (unpaired) electrons. The molecular formula is C22H28N2O2. The minimum absolute atomic E-state index is 0.296. The second kappa shape index (κ2) is 8.02. The molecule has 0 bridgehead atoms. The Kier molecular flexibility index (Phi) is 5.74. The molecule has 3 aromatic rings. The molecule has 0 saturated heterocycles. The molecule has 0 amide bonds. The van der Waals surface area contributed by atoms with Crippen LogP contribution >= 0.6 is 0 Å². The van der Waals surface area contributed by atoms with Crippen LogP contribution in [0.3, 0.4) is 0 Å². The molecule has 3 rings (SSSR count). The zero-order valence-electron chi connectivity index (χ0n) is 16.1. The lowest BCUT2D eigenvalue weighted by atomic mass is 10.0. The number of benzene rings is 2. The smallest absolute Gasteiger partial charge is 0.336 e. The normalized spacial score (nSPS) is 12.1. The summed E-state index contributed by atoms with van der Waals surface area (Å²) in [6, 6.07) is 14.8. The molecule has 4 nitrogen and oxygen atoms in total. The Labute approximate surface area is 154 Å². The average Bonchev–Trinajstić information content (AvgIpc) is 2.60. The molecule has 1 aromatic heterocycles. The summed E-state index contributed by atoms with van der Waals surface area (Å²) in [5, 5.41) is 6.81. The van der Waals surface area contributed by atoms with Gasteiger partial charge < -0.3 is 9.73 Å². The highest BCUT2D eigenvalue weighted by molar-refractivity contribution is 6.07. The monoisotopic (exact) mass is 352 g/mol. The van der Waals surface area contributed by atoms with E-state index in [1.54, 1.807) is 6.07 Å². The van der Waals surface area contributed by atoms with Crippen LogP contribution in [-0.4, -0.2) is 30.1 Å². The summed E-state index contributed by atoms with van der Waals surface area (Å²) in [6.07, 6.45) is 0. The number of nitrogens with one attached hydrogen (secondary N) is 1. The fourth-order valence-electron chi connectivity index (χ4n) is 3.70. The summed E-state index contributed by atoms with van der Waals surface area (Å²) in [7, 11) is 0. The lowest BCUT2D eigenvalue weighted by Crippen LogP contribution is -2.41. The molecule has 138 valence electrons. The van der Waals surface area contributed by atoms with Crippen LogP contribution in [0.2, 0.25) is 0 Å². The highest BCUT2D eigenvalue weighted by Gasteiger charge is 2.13. The van der Waals surface area contributed by atoms with Gasteiger partial charge in [0.15, 0.2) is 0 Å². The van der Waals surface area contributed by atoms with E-state index in [0.29, 0.717) is 24.2 Å². The molecule has 0 saturated carbocycles. The maximum Gasteiger partial charge on any atom is 0.336 e. The number of hydrogen-bond acceptors (Lipinski definition) is 4. The van der Waals surface area contributed by atoms with Crippen LogP contribution < -0.4 is 10.9 Å². The third kappa shape index (κ3) is 3.97. The van der Waals surface area contributed by atoms with Gasteiger partial charge in [0, 0.05) is 43.2 Å². The second-order valence-electron chi connectivity index (χ2n) is 7.35. The Morgan fingerprint density at radius 2 is 1.77 bits per heavy atom. The summed E-state index contributed by atoms with van der Waals surface area (Å²) in [5.74, 6) is 0. The van der Waals surface area contributed by atoms with Gasteiger partial charge in [-0.25, -0.2) is 4.79 Å². The van der Waals surface area contributed by atoms with E-state index in [-0.39, 0.29) is 5.63 Å². The first kappa shape index (κ1) is 18.6. The fourth-order valence-corrected chi connectivity index (χ4v) is 3.70. The molecule has 0 aliphatic carbocycles. The summed E-state index contributed by atoms with van der Waals surface area (Å²) < 4.78 is 5.43. The molecule has 0 spiro atoms. The van der Waals surface area contributed by atoms with Crippen LogP contribution in [-0.2, 0) is 6.54 Å². The lowest BCUT2D eigenvalue weighted by molar-refractivity contribution is 0.176. The Bertz CT molecular complexity index is 936. The minimum Gasteiger partial charge on any atom is -0.423 e. The van der Waals surface area contributed by atoms with E-state index >= 15 is 0 Å². The third-order valence-corrected chi connectivity index (χ3v) is 4.90. The van der Waals surface area contributed by atoms with Crippen molar-refractivity contribution in [2.24, 2.45) is 0 Å². The van der Waals surface area contributed by atoms with Crippen molar-refractivity contribution in [2.45, 2.75) is 46.3 Å². The first-order chi connectivity index (χ1) is 12.5. The Morgan fingerprint density at radius 3 is 2.50 bits per heavy atom. The third-order valence-electron chi connectivity index (χ3n) is 4.90. The molecular weight excluding hydrogens is 324 g/mol. The predicted octanol–water partition coefficient (Wildman–Crippen LogP) is 4.15. The first-order valence-corrected chi connectivity index (χ1v) is 9.38. The van der Waals surface area contributed by atoms with Gasteiger partial charge >= 0.3 is 5.63 Å². The maximum atomic E-state index is 12.0. The van der Waals surface area contributed by atoms with E-state index in [9.17, 15) is 4.79 Å². The van der Waals surface area contributed by atoms with E-state index in [0.717, 1.165) is 34.8 Å². The van der Waals surface area contributed by atoms with Crippen LogP contribution in [0.1, 0.15) is 33.3 Å². The largest absolute Gasteiger partial charge is 0.423 e. The summed E-state index contributed by atoms with van der Waals surface area (Å²) in [6.45, 7) is 11.4. The van der Waals surface area contributed by atoms with Crippen molar-refractivity contribution in [3.63, 3.8) is 0 Å². The van der Waals surface area contributed by atoms with Gasteiger partial charge in [0.05, 0.1) is 0 Å². The zero-order valence-corrected chi connectivity index (χ0v) is 16.1. The van der Waals surface area contributed by atoms with Gasteiger partial charge in [-0.15, -0.1) is 0 Å². The van der Waals surface area contributed by atoms with E-state index in [4.69, 9.17) is 4.42 Å². The number of fused-ring (bicyclic) bond motifs is 3.